The second-order valence-corrected chi connectivity index (χ2v) is 7.87. The van der Waals surface area contributed by atoms with E-state index in [1.165, 1.54) is 36.2 Å². The number of hydrogen-bond acceptors (Lipinski definition) is 4. The summed E-state index contributed by atoms with van der Waals surface area (Å²) in [6.07, 6.45) is 0. The van der Waals surface area contributed by atoms with Gasteiger partial charge in [-0.15, -0.1) is 0 Å². The molecule has 0 radical (unpaired) electrons. The Bertz CT molecular complexity index is 907. The van der Waals surface area contributed by atoms with Gasteiger partial charge in [0.25, 0.3) is 5.91 Å². The van der Waals surface area contributed by atoms with E-state index in [-0.39, 0.29) is 29.8 Å². The summed E-state index contributed by atoms with van der Waals surface area (Å²) < 4.78 is 26.2. The molecule has 0 saturated heterocycles. The highest BCUT2D eigenvalue weighted by Crippen LogP contribution is 2.12. The van der Waals surface area contributed by atoms with Crippen molar-refractivity contribution in [3.05, 3.63) is 59.7 Å². The third kappa shape index (κ3) is 5.63. The Labute approximate surface area is 159 Å². The molecule has 0 aromatic heterocycles. The van der Waals surface area contributed by atoms with Crippen LogP contribution in [0.3, 0.4) is 0 Å². The Hall–Kier alpha value is -2.71. The molecule has 0 aliphatic rings. The van der Waals surface area contributed by atoms with Gasteiger partial charge in [0.1, 0.15) is 0 Å². The Morgan fingerprint density at radius 1 is 1.00 bits per heavy atom. The summed E-state index contributed by atoms with van der Waals surface area (Å²) in [7, 11) is -2.05. The Balaban J connectivity index is 2.00. The lowest BCUT2D eigenvalue weighted by atomic mass is 10.2. The Kier molecular flexibility index (Phi) is 6.70. The van der Waals surface area contributed by atoms with Gasteiger partial charge in [0.15, 0.2) is 0 Å². The molecule has 2 rings (SSSR count). The molecule has 0 atom stereocenters. The van der Waals surface area contributed by atoms with Gasteiger partial charge in [0, 0.05) is 24.8 Å². The van der Waals surface area contributed by atoms with Crippen LogP contribution < -0.4 is 10.0 Å². The summed E-state index contributed by atoms with van der Waals surface area (Å²) in [5.74, 6) is -0.692. The van der Waals surface area contributed by atoms with Gasteiger partial charge in [-0.1, -0.05) is 24.6 Å². The van der Waals surface area contributed by atoms with Gasteiger partial charge in [-0.05, 0) is 43.3 Å². The van der Waals surface area contributed by atoms with Crippen molar-refractivity contribution < 1.29 is 18.0 Å². The number of amides is 2. The molecular formula is C19H23N3O4S. The molecule has 27 heavy (non-hydrogen) atoms. The van der Waals surface area contributed by atoms with Crippen LogP contribution >= 0.6 is 0 Å². The first-order chi connectivity index (χ1) is 12.7. The molecule has 0 aliphatic heterocycles. The number of carbonyl (C=O) groups is 2. The highest BCUT2D eigenvalue weighted by atomic mass is 32.2. The standard InChI is InChI=1S/C19H23N3O4S/c1-4-20-27(25,26)17-11-7-15(8-12-17)19(24)22(3)13-18(23)21-16-9-5-14(2)6-10-16/h5-12,20H,4,13H2,1-3H3,(H,21,23). The lowest BCUT2D eigenvalue weighted by Crippen LogP contribution is -2.35. The molecule has 2 amide bonds. The SMILES string of the molecule is CCNS(=O)(=O)c1ccc(C(=O)N(C)CC(=O)Nc2ccc(C)cc2)cc1. The van der Waals surface area contributed by atoms with E-state index in [0.29, 0.717) is 11.3 Å². The van der Waals surface area contributed by atoms with Gasteiger partial charge >= 0.3 is 0 Å². The maximum Gasteiger partial charge on any atom is 0.254 e. The Morgan fingerprint density at radius 2 is 1.59 bits per heavy atom. The van der Waals surface area contributed by atoms with Gasteiger partial charge in [-0.2, -0.15) is 0 Å². The fraction of sp³-hybridized carbons (Fsp3) is 0.263. The zero-order valence-electron chi connectivity index (χ0n) is 15.5. The second kappa shape index (κ2) is 8.79. The van der Waals surface area contributed by atoms with Crippen molar-refractivity contribution in [1.29, 1.82) is 0 Å². The molecule has 0 fully saturated rings. The minimum Gasteiger partial charge on any atom is -0.332 e. The first kappa shape index (κ1) is 20.6. The van der Waals surface area contributed by atoms with E-state index in [2.05, 4.69) is 10.0 Å². The van der Waals surface area contributed by atoms with E-state index in [9.17, 15) is 18.0 Å². The summed E-state index contributed by atoms with van der Waals surface area (Å²) in [4.78, 5) is 25.9. The molecule has 0 spiro atoms. The molecule has 0 saturated carbocycles. The fourth-order valence-electron chi connectivity index (χ4n) is 2.40. The van der Waals surface area contributed by atoms with Gasteiger partial charge in [-0.25, -0.2) is 13.1 Å². The number of nitrogens with zero attached hydrogens (tertiary/aromatic N) is 1. The predicted octanol–water partition coefficient (Wildman–Crippen LogP) is 2.00. The van der Waals surface area contributed by atoms with E-state index in [4.69, 9.17) is 0 Å². The first-order valence-corrected chi connectivity index (χ1v) is 9.93. The van der Waals surface area contributed by atoms with Crippen LogP contribution in [0, 0.1) is 6.92 Å². The smallest absolute Gasteiger partial charge is 0.254 e. The summed E-state index contributed by atoms with van der Waals surface area (Å²) >= 11 is 0. The van der Waals surface area contributed by atoms with Gasteiger partial charge in [-0.3, -0.25) is 9.59 Å². The minimum absolute atomic E-state index is 0.0840. The van der Waals surface area contributed by atoms with Crippen molar-refractivity contribution in [2.45, 2.75) is 18.7 Å². The largest absolute Gasteiger partial charge is 0.332 e. The average molecular weight is 389 g/mol. The number of aryl methyl sites for hydroxylation is 1. The normalized spacial score (nSPS) is 11.1. The van der Waals surface area contributed by atoms with Crippen molar-refractivity contribution in [2.75, 3.05) is 25.5 Å². The van der Waals surface area contributed by atoms with Gasteiger partial charge in [0.05, 0.1) is 11.4 Å². The van der Waals surface area contributed by atoms with E-state index < -0.39 is 10.0 Å². The highest BCUT2D eigenvalue weighted by molar-refractivity contribution is 7.89. The molecular weight excluding hydrogens is 366 g/mol. The van der Waals surface area contributed by atoms with Crippen LogP contribution in [-0.2, 0) is 14.8 Å². The molecule has 144 valence electrons. The topological polar surface area (TPSA) is 95.6 Å². The zero-order chi connectivity index (χ0) is 20.0. The third-order valence-corrected chi connectivity index (χ3v) is 5.37. The molecule has 2 aromatic rings. The predicted molar refractivity (Wildman–Crippen MR) is 104 cm³/mol. The van der Waals surface area contributed by atoms with E-state index in [1.807, 2.05) is 19.1 Å². The summed E-state index contributed by atoms with van der Waals surface area (Å²) in [5, 5.41) is 2.73. The van der Waals surface area contributed by atoms with E-state index in [1.54, 1.807) is 19.1 Å². The molecule has 2 N–H and O–H groups in total. The number of sulfonamides is 1. The maximum atomic E-state index is 12.4. The van der Waals surface area contributed by atoms with Crippen LogP contribution in [0.25, 0.3) is 0 Å². The van der Waals surface area contributed by atoms with Crippen LogP contribution in [-0.4, -0.2) is 45.3 Å². The molecule has 7 nitrogen and oxygen atoms in total. The van der Waals surface area contributed by atoms with Crippen molar-refractivity contribution in [3.63, 3.8) is 0 Å². The van der Waals surface area contributed by atoms with Crippen LogP contribution in [0.1, 0.15) is 22.8 Å². The molecule has 2 aromatic carbocycles. The minimum atomic E-state index is -3.57. The summed E-state index contributed by atoms with van der Waals surface area (Å²) in [6, 6.07) is 12.9. The maximum absolute atomic E-state index is 12.4. The van der Waals surface area contributed by atoms with Crippen molar-refractivity contribution in [1.82, 2.24) is 9.62 Å². The monoisotopic (exact) mass is 389 g/mol. The molecule has 0 unspecified atom stereocenters. The average Bonchev–Trinajstić information content (AvgIpc) is 2.63. The van der Waals surface area contributed by atoms with Crippen molar-refractivity contribution >= 4 is 27.5 Å². The van der Waals surface area contributed by atoms with Crippen LogP contribution in [0.4, 0.5) is 5.69 Å². The molecule has 0 heterocycles. The van der Waals surface area contributed by atoms with E-state index >= 15 is 0 Å². The number of hydrogen-bond donors (Lipinski definition) is 2. The van der Waals surface area contributed by atoms with Crippen molar-refractivity contribution in [2.24, 2.45) is 0 Å². The number of benzene rings is 2. The quantitative estimate of drug-likeness (QED) is 0.757. The van der Waals surface area contributed by atoms with Gasteiger partial charge < -0.3 is 10.2 Å². The molecule has 0 aliphatic carbocycles. The second-order valence-electron chi connectivity index (χ2n) is 6.10. The number of rotatable bonds is 7. The summed E-state index contributed by atoms with van der Waals surface area (Å²) in [5.41, 5.74) is 2.04. The number of nitrogens with one attached hydrogen (secondary N) is 2. The highest BCUT2D eigenvalue weighted by Gasteiger charge is 2.17. The van der Waals surface area contributed by atoms with Crippen LogP contribution in [0.5, 0.6) is 0 Å². The van der Waals surface area contributed by atoms with Crippen molar-refractivity contribution in [3.8, 4) is 0 Å². The molecule has 0 bridgehead atoms. The fourth-order valence-corrected chi connectivity index (χ4v) is 3.44. The van der Waals surface area contributed by atoms with Crippen LogP contribution in [0.2, 0.25) is 0 Å². The van der Waals surface area contributed by atoms with Gasteiger partial charge in [0.2, 0.25) is 15.9 Å². The first-order valence-electron chi connectivity index (χ1n) is 8.44. The lowest BCUT2D eigenvalue weighted by molar-refractivity contribution is -0.116. The molecule has 8 heteroatoms. The zero-order valence-corrected chi connectivity index (χ0v) is 16.3. The number of anilines is 1. The Morgan fingerprint density at radius 3 is 2.15 bits per heavy atom. The summed E-state index contributed by atoms with van der Waals surface area (Å²) in [6.45, 7) is 3.80. The third-order valence-electron chi connectivity index (χ3n) is 3.81. The number of carbonyl (C=O) groups excluding carboxylic acids is 2. The lowest BCUT2D eigenvalue weighted by Gasteiger charge is -2.17. The van der Waals surface area contributed by atoms with Crippen LogP contribution in [0.15, 0.2) is 53.4 Å². The number of likely N-dealkylation sites (N-methyl/N-ethyl adjacent to an activating group) is 1. The van der Waals surface area contributed by atoms with E-state index in [0.717, 1.165) is 5.56 Å².